The summed E-state index contributed by atoms with van der Waals surface area (Å²) >= 11 is 0. The highest BCUT2D eigenvalue weighted by atomic mass is 16.3. The molecule has 0 amide bonds. The number of aryl methyl sites for hydroxylation is 3. The van der Waals surface area contributed by atoms with Gasteiger partial charge in [0.1, 0.15) is 5.58 Å². The SMILES string of the molecule is [2H]C([2H])([2H])c1ccc2c3c(oc2c1)B1c2cc4c(cc2N(c2ccc(C(C)(C)C)cc2C)c2cc(C)cc(c21)N3c1ccc(C(C)(C)C)cc1)C(C)(C)CCC4(C)C. The molecule has 1 aliphatic carbocycles. The standard InChI is InChI=1S/C51H57BN2O/c1-30-14-20-36-44(26-30)55-47-46(36)53(35-18-15-33(16-19-35)48(4,5)6)42-24-31(2)25-43-45(42)52(47)39-28-37-38(51(12,13)23-22-50(37,10)11)29-41(39)54(43)40-21-17-34(27-32(40)3)49(7,8)9/h14-21,24-29H,22-23H2,1-13H3/i1D3. The molecule has 0 radical (unpaired) electrons. The Bertz CT molecular complexity index is 2670. The lowest BCUT2D eigenvalue weighted by molar-refractivity contribution is 0.332. The van der Waals surface area contributed by atoms with Crippen LogP contribution in [0.4, 0.5) is 34.1 Å². The minimum absolute atomic E-state index is 0.000706. The lowest BCUT2D eigenvalue weighted by Crippen LogP contribution is -2.61. The van der Waals surface area contributed by atoms with Gasteiger partial charge in [-0.15, -0.1) is 0 Å². The molecule has 2 aliphatic heterocycles. The third-order valence-corrected chi connectivity index (χ3v) is 13.1. The second-order valence-corrected chi connectivity index (χ2v) is 20.1. The van der Waals surface area contributed by atoms with Gasteiger partial charge in [-0.2, -0.15) is 0 Å². The van der Waals surface area contributed by atoms with Gasteiger partial charge in [-0.1, -0.05) is 106 Å². The molecule has 0 spiro atoms. The molecule has 5 aromatic carbocycles. The highest BCUT2D eigenvalue weighted by Crippen LogP contribution is 2.52. The molecule has 55 heavy (non-hydrogen) atoms. The molecule has 4 heteroatoms. The Morgan fingerprint density at radius 3 is 1.87 bits per heavy atom. The van der Waals surface area contributed by atoms with Crippen LogP contribution in [0.5, 0.6) is 0 Å². The summed E-state index contributed by atoms with van der Waals surface area (Å²) in [6.45, 7) is 25.2. The average molecular weight is 728 g/mol. The predicted molar refractivity (Wildman–Crippen MR) is 237 cm³/mol. The summed E-state index contributed by atoms with van der Waals surface area (Å²) < 4.78 is 32.0. The van der Waals surface area contributed by atoms with Gasteiger partial charge in [0.15, 0.2) is 0 Å². The van der Waals surface area contributed by atoms with Crippen LogP contribution < -0.4 is 26.4 Å². The first-order valence-electron chi connectivity index (χ1n) is 21.7. The molecule has 3 nitrogen and oxygen atoms in total. The Balaban J connectivity index is 1.41. The number of hydrogen-bond acceptors (Lipinski definition) is 3. The number of rotatable bonds is 2. The van der Waals surface area contributed by atoms with Gasteiger partial charge in [-0.25, -0.2) is 0 Å². The molecule has 0 saturated heterocycles. The minimum atomic E-state index is -2.26. The predicted octanol–water partition coefficient (Wildman–Crippen LogP) is 12.4. The van der Waals surface area contributed by atoms with E-state index in [4.69, 9.17) is 8.53 Å². The van der Waals surface area contributed by atoms with Crippen LogP contribution in [0, 0.1) is 20.7 Å². The van der Waals surface area contributed by atoms with Crippen molar-refractivity contribution in [3.8, 4) is 0 Å². The summed E-state index contributed by atoms with van der Waals surface area (Å²) in [5.41, 5.74) is 18.6. The third kappa shape index (κ3) is 5.45. The zero-order valence-electron chi connectivity index (χ0n) is 37.9. The van der Waals surface area contributed by atoms with E-state index < -0.39 is 6.85 Å². The molecule has 9 rings (SSSR count). The number of hydrogen-bond donors (Lipinski definition) is 0. The zero-order valence-corrected chi connectivity index (χ0v) is 34.9. The van der Waals surface area contributed by atoms with Crippen molar-refractivity contribution in [3.05, 3.63) is 124 Å². The minimum Gasteiger partial charge on any atom is -0.468 e. The van der Waals surface area contributed by atoms with Crippen molar-refractivity contribution in [3.63, 3.8) is 0 Å². The first kappa shape index (κ1) is 32.5. The highest BCUT2D eigenvalue weighted by Gasteiger charge is 2.49. The normalized spacial score (nSPS) is 17.9. The van der Waals surface area contributed by atoms with Crippen molar-refractivity contribution in [1.82, 2.24) is 0 Å². The first-order valence-corrected chi connectivity index (χ1v) is 20.2. The first-order chi connectivity index (χ1) is 27.0. The number of fused-ring (bicyclic) bond motifs is 7. The van der Waals surface area contributed by atoms with E-state index in [-0.39, 0.29) is 33.9 Å². The second-order valence-electron chi connectivity index (χ2n) is 20.1. The van der Waals surface area contributed by atoms with Gasteiger partial charge in [0, 0.05) is 37.9 Å². The maximum Gasteiger partial charge on any atom is 0.297 e. The molecule has 0 fully saturated rings. The Labute approximate surface area is 334 Å². The number of nitrogens with zero attached hydrogens (tertiary/aromatic N) is 2. The maximum atomic E-state index is 8.30. The Morgan fingerprint density at radius 2 is 1.25 bits per heavy atom. The van der Waals surface area contributed by atoms with E-state index in [0.29, 0.717) is 5.58 Å². The molecule has 0 N–H and O–H groups in total. The molecule has 0 unspecified atom stereocenters. The summed E-state index contributed by atoms with van der Waals surface area (Å²) in [5, 5.41) is 0.911. The van der Waals surface area contributed by atoms with Crippen LogP contribution in [0.1, 0.15) is 125 Å². The van der Waals surface area contributed by atoms with Gasteiger partial charge in [0.05, 0.1) is 11.3 Å². The van der Waals surface area contributed by atoms with Crippen LogP contribution in [0.25, 0.3) is 11.0 Å². The molecular formula is C51H57BN2O. The topological polar surface area (TPSA) is 19.6 Å². The van der Waals surface area contributed by atoms with Crippen LogP contribution in [0.3, 0.4) is 0 Å². The smallest absolute Gasteiger partial charge is 0.297 e. The molecule has 0 bridgehead atoms. The Hall–Kier alpha value is -4.70. The van der Waals surface area contributed by atoms with E-state index in [1.807, 2.05) is 6.07 Å². The molecule has 3 heterocycles. The third-order valence-electron chi connectivity index (χ3n) is 13.1. The zero-order chi connectivity index (χ0) is 41.6. The molecule has 1 aromatic heterocycles. The van der Waals surface area contributed by atoms with Crippen LogP contribution >= 0.6 is 0 Å². The molecule has 280 valence electrons. The van der Waals surface area contributed by atoms with Crippen LogP contribution in [0.2, 0.25) is 0 Å². The van der Waals surface area contributed by atoms with Crippen LogP contribution in [-0.4, -0.2) is 6.71 Å². The summed E-state index contributed by atoms with van der Waals surface area (Å²) in [6.07, 6.45) is 2.23. The van der Waals surface area contributed by atoms with E-state index in [9.17, 15) is 0 Å². The lowest BCUT2D eigenvalue weighted by Gasteiger charge is -2.47. The van der Waals surface area contributed by atoms with E-state index in [0.717, 1.165) is 46.6 Å². The number of anilines is 6. The maximum absolute atomic E-state index is 8.30. The number of benzene rings is 5. The van der Waals surface area contributed by atoms with Crippen molar-refractivity contribution in [1.29, 1.82) is 0 Å². The fraction of sp³-hybridized carbons (Fsp3) is 0.373. The van der Waals surface area contributed by atoms with Gasteiger partial charge < -0.3 is 14.2 Å². The summed E-state index contributed by atoms with van der Waals surface area (Å²) in [7, 11) is 0. The van der Waals surface area contributed by atoms with Gasteiger partial charge in [0.25, 0.3) is 6.71 Å². The fourth-order valence-electron chi connectivity index (χ4n) is 9.69. The molecule has 3 aliphatic rings. The van der Waals surface area contributed by atoms with Gasteiger partial charge in [-0.3, -0.25) is 0 Å². The molecular weight excluding hydrogens is 667 g/mol. The van der Waals surface area contributed by atoms with Crippen molar-refractivity contribution >= 4 is 68.4 Å². The molecule has 6 aromatic rings. The summed E-state index contributed by atoms with van der Waals surface area (Å²) in [6, 6.07) is 31.2. The van der Waals surface area contributed by atoms with Gasteiger partial charge in [-0.05, 0) is 154 Å². The fourth-order valence-corrected chi connectivity index (χ4v) is 9.69. The molecule has 0 saturated carbocycles. The van der Waals surface area contributed by atoms with Gasteiger partial charge in [0.2, 0.25) is 0 Å². The lowest BCUT2D eigenvalue weighted by atomic mass is 9.35. The molecule has 0 atom stereocenters. The Morgan fingerprint density at radius 1 is 0.636 bits per heavy atom. The van der Waals surface area contributed by atoms with Crippen molar-refractivity contribution < 1.29 is 8.53 Å². The largest absolute Gasteiger partial charge is 0.468 e. The quantitative estimate of drug-likeness (QED) is 0.165. The van der Waals surface area contributed by atoms with E-state index in [2.05, 4.69) is 160 Å². The second kappa shape index (κ2) is 11.7. The summed E-state index contributed by atoms with van der Waals surface area (Å²) in [4.78, 5) is 4.92. The van der Waals surface area contributed by atoms with E-state index >= 15 is 0 Å². The number of furan rings is 1. The monoisotopic (exact) mass is 727 g/mol. The van der Waals surface area contributed by atoms with Crippen LogP contribution in [0.15, 0.2) is 89.3 Å². The Kier molecular flexibility index (Phi) is 6.90. The highest BCUT2D eigenvalue weighted by molar-refractivity contribution is 7.00. The van der Waals surface area contributed by atoms with Crippen molar-refractivity contribution in [2.75, 3.05) is 9.80 Å². The summed E-state index contributed by atoms with van der Waals surface area (Å²) in [5.74, 6) is 0. The van der Waals surface area contributed by atoms with Crippen molar-refractivity contribution in [2.24, 2.45) is 0 Å². The average Bonchev–Trinajstić information content (AvgIpc) is 3.50. The van der Waals surface area contributed by atoms with E-state index in [1.54, 1.807) is 12.1 Å². The van der Waals surface area contributed by atoms with E-state index in [1.165, 1.54) is 55.7 Å². The van der Waals surface area contributed by atoms with Gasteiger partial charge >= 0.3 is 0 Å². The van der Waals surface area contributed by atoms with Crippen LogP contribution in [-0.2, 0) is 21.7 Å². The van der Waals surface area contributed by atoms with Crippen molar-refractivity contribution in [2.45, 2.75) is 124 Å².